The zero-order valence-electron chi connectivity index (χ0n) is 23.5. The second-order valence-electron chi connectivity index (χ2n) is 11.5. The Balaban J connectivity index is 3.23. The summed E-state index contributed by atoms with van der Waals surface area (Å²) in [7, 11) is 1.72. The summed E-state index contributed by atoms with van der Waals surface area (Å²) in [4.78, 5) is 43.2. The minimum atomic E-state index is -0.740. The van der Waals surface area contributed by atoms with Crippen molar-refractivity contribution in [2.24, 2.45) is 11.3 Å². The van der Waals surface area contributed by atoms with Crippen molar-refractivity contribution in [3.63, 3.8) is 0 Å². The predicted octanol–water partition coefficient (Wildman–Crippen LogP) is 3.78. The minimum Gasteiger partial charge on any atom is -0.463 e. The number of piperidine rings is 1. The number of likely N-dealkylation sites (N-methyl/N-ethyl adjacent to an activating group) is 1. The molecule has 0 spiro atoms. The van der Waals surface area contributed by atoms with Gasteiger partial charge in [-0.2, -0.15) is 0 Å². The number of nitrogens with zero attached hydrogens (tertiary/aromatic N) is 2. The predicted molar refractivity (Wildman–Crippen MR) is 140 cm³/mol. The van der Waals surface area contributed by atoms with Gasteiger partial charge in [-0.25, -0.2) is 4.79 Å². The molecule has 0 aromatic heterocycles. The molecular weight excluding hydrogens is 442 g/mol. The maximum absolute atomic E-state index is 13.8. The lowest BCUT2D eigenvalue weighted by Crippen LogP contribution is -2.62. The van der Waals surface area contributed by atoms with Crippen LogP contribution in [0.15, 0.2) is 11.6 Å². The molecule has 0 saturated carbocycles. The summed E-state index contributed by atoms with van der Waals surface area (Å²) in [6.07, 6.45) is 10.2. The zero-order chi connectivity index (χ0) is 27.1. The van der Waals surface area contributed by atoms with Crippen LogP contribution in [-0.2, 0) is 19.1 Å². The second-order valence-corrected chi connectivity index (χ2v) is 11.5. The Labute approximate surface area is 213 Å². The number of nitrogens with one attached hydrogen (secondary N) is 1. The molecule has 0 bridgehead atoms. The molecule has 198 valence electrons. The fourth-order valence-electron chi connectivity index (χ4n) is 4.51. The summed E-state index contributed by atoms with van der Waals surface area (Å²) in [6.45, 7) is 18.2. The maximum atomic E-state index is 13.8. The minimum absolute atomic E-state index is 0.0508. The van der Waals surface area contributed by atoms with E-state index in [1.54, 1.807) is 31.9 Å². The molecule has 7 heteroatoms. The highest BCUT2D eigenvalue weighted by Gasteiger charge is 2.41. The number of rotatable bonds is 9. The molecule has 0 aromatic carbocycles. The van der Waals surface area contributed by atoms with Gasteiger partial charge in [-0.15, -0.1) is 6.42 Å². The van der Waals surface area contributed by atoms with Crippen molar-refractivity contribution in [3.8, 4) is 12.3 Å². The van der Waals surface area contributed by atoms with Gasteiger partial charge in [0.2, 0.25) is 11.8 Å². The van der Waals surface area contributed by atoms with Crippen molar-refractivity contribution in [3.05, 3.63) is 11.6 Å². The normalized spacial score (nSPS) is 19.5. The van der Waals surface area contributed by atoms with Gasteiger partial charge in [-0.1, -0.05) is 53.0 Å². The van der Waals surface area contributed by atoms with Crippen molar-refractivity contribution < 1.29 is 19.1 Å². The number of hydrogen-bond acceptors (Lipinski definition) is 5. The van der Waals surface area contributed by atoms with Gasteiger partial charge in [0.05, 0.1) is 24.2 Å². The van der Waals surface area contributed by atoms with E-state index < -0.39 is 23.0 Å². The number of terminal acetylenes is 1. The van der Waals surface area contributed by atoms with Crippen molar-refractivity contribution >= 4 is 17.8 Å². The van der Waals surface area contributed by atoms with Crippen LogP contribution in [0.3, 0.4) is 0 Å². The van der Waals surface area contributed by atoms with Gasteiger partial charge in [0.15, 0.2) is 0 Å². The third-order valence-corrected chi connectivity index (χ3v) is 6.77. The molecule has 1 N–H and O–H groups in total. The number of carbonyl (C=O) groups excluding carboxylic acids is 3. The quantitative estimate of drug-likeness (QED) is 0.303. The monoisotopic (exact) mass is 489 g/mol. The summed E-state index contributed by atoms with van der Waals surface area (Å²) in [5.74, 6) is 2.10. The van der Waals surface area contributed by atoms with Crippen molar-refractivity contribution in [2.45, 2.75) is 105 Å². The van der Waals surface area contributed by atoms with E-state index in [1.807, 2.05) is 48.5 Å². The Bertz CT molecular complexity index is 832. The van der Waals surface area contributed by atoms with Gasteiger partial charge in [-0.3, -0.25) is 14.5 Å². The van der Waals surface area contributed by atoms with Gasteiger partial charge < -0.3 is 15.0 Å². The van der Waals surface area contributed by atoms with Gasteiger partial charge >= 0.3 is 5.97 Å². The molecule has 3 atom stereocenters. The van der Waals surface area contributed by atoms with E-state index in [-0.39, 0.29) is 36.4 Å². The third kappa shape index (κ3) is 8.10. The van der Waals surface area contributed by atoms with Crippen LogP contribution in [0.2, 0.25) is 0 Å². The van der Waals surface area contributed by atoms with Crippen LogP contribution in [0.5, 0.6) is 0 Å². The van der Waals surface area contributed by atoms with E-state index in [0.29, 0.717) is 12.0 Å². The Morgan fingerprint density at radius 1 is 1.20 bits per heavy atom. The molecule has 35 heavy (non-hydrogen) atoms. The topological polar surface area (TPSA) is 79.0 Å². The highest BCUT2D eigenvalue weighted by molar-refractivity contribution is 5.91. The largest absolute Gasteiger partial charge is 0.463 e. The Morgan fingerprint density at radius 3 is 2.29 bits per heavy atom. The van der Waals surface area contributed by atoms with Gasteiger partial charge in [0.25, 0.3) is 0 Å². The first-order chi connectivity index (χ1) is 16.1. The average molecular weight is 490 g/mol. The summed E-state index contributed by atoms with van der Waals surface area (Å²) >= 11 is 0. The van der Waals surface area contributed by atoms with E-state index in [0.717, 1.165) is 19.4 Å². The lowest BCUT2D eigenvalue weighted by Gasteiger charge is -2.44. The number of hydrogen-bond donors (Lipinski definition) is 1. The third-order valence-electron chi connectivity index (χ3n) is 6.77. The molecule has 0 aliphatic carbocycles. The lowest BCUT2D eigenvalue weighted by molar-refractivity contribution is -0.142. The summed E-state index contributed by atoms with van der Waals surface area (Å²) in [6, 6.07) is -1.46. The number of ether oxygens (including phenoxy) is 1. The van der Waals surface area contributed by atoms with E-state index in [9.17, 15) is 14.4 Å². The molecule has 1 aliphatic heterocycles. The van der Waals surface area contributed by atoms with Crippen LogP contribution in [0.4, 0.5) is 0 Å². The fraction of sp³-hybridized carbons (Fsp3) is 0.750. The number of amides is 2. The molecule has 1 fully saturated rings. The molecule has 1 saturated heterocycles. The van der Waals surface area contributed by atoms with Crippen molar-refractivity contribution in [1.29, 1.82) is 0 Å². The van der Waals surface area contributed by atoms with Gasteiger partial charge in [-0.05, 0) is 51.9 Å². The Hall–Kier alpha value is -2.33. The van der Waals surface area contributed by atoms with Crippen molar-refractivity contribution in [1.82, 2.24) is 15.1 Å². The summed E-state index contributed by atoms with van der Waals surface area (Å²) in [5.41, 5.74) is -0.627. The standard InChI is InChI=1S/C28H47N3O4/c1-12-28(9,10)31-17-15-14-16-21(31)24(32)29-23(27(6,7)8)25(33)30(11)22(19(3)4)18-20(5)26(34)35-13-2/h1,18-19,21-23H,13-17H2,2-11H3,(H,29,32)/b20-18+/t21-,22-,23-/m1/s1. The molecule has 7 nitrogen and oxygen atoms in total. The van der Waals surface area contributed by atoms with Gasteiger partial charge in [0, 0.05) is 19.2 Å². The lowest BCUT2D eigenvalue weighted by atomic mass is 9.84. The maximum Gasteiger partial charge on any atom is 0.333 e. The molecule has 0 radical (unpaired) electrons. The average Bonchev–Trinajstić information content (AvgIpc) is 2.78. The highest BCUT2D eigenvalue weighted by Crippen LogP contribution is 2.28. The second kappa shape index (κ2) is 12.6. The molecule has 0 unspecified atom stereocenters. The first-order valence-corrected chi connectivity index (χ1v) is 12.8. The molecule has 1 aliphatic rings. The first-order valence-electron chi connectivity index (χ1n) is 12.8. The smallest absolute Gasteiger partial charge is 0.333 e. The molecule has 2 amide bonds. The van der Waals surface area contributed by atoms with E-state index in [1.165, 1.54) is 0 Å². The first kappa shape index (κ1) is 30.7. The van der Waals surface area contributed by atoms with Crippen molar-refractivity contribution in [2.75, 3.05) is 20.2 Å². The summed E-state index contributed by atoms with van der Waals surface area (Å²) in [5, 5.41) is 3.07. The SMILES string of the molecule is C#CC(C)(C)N1CCCC[C@@H]1C(=O)N[C@H](C(=O)N(C)[C@H](/C=C(\C)C(=O)OCC)C(C)C)C(C)(C)C. The molecule has 1 heterocycles. The Kier molecular flexibility index (Phi) is 11.0. The van der Waals surface area contributed by atoms with E-state index in [4.69, 9.17) is 11.2 Å². The number of likely N-dealkylation sites (tertiary alicyclic amines) is 1. The molecular formula is C28H47N3O4. The van der Waals surface area contributed by atoms with E-state index >= 15 is 0 Å². The number of carbonyl (C=O) groups is 3. The van der Waals surface area contributed by atoms with Crippen LogP contribution in [-0.4, -0.2) is 71.4 Å². The van der Waals surface area contributed by atoms with Crippen LogP contribution in [0.1, 0.15) is 81.6 Å². The fourth-order valence-corrected chi connectivity index (χ4v) is 4.51. The van der Waals surface area contributed by atoms with E-state index in [2.05, 4.69) is 16.1 Å². The highest BCUT2D eigenvalue weighted by atomic mass is 16.5. The van der Waals surface area contributed by atoms with Gasteiger partial charge in [0.1, 0.15) is 6.04 Å². The van der Waals surface area contributed by atoms with Crippen LogP contribution in [0, 0.1) is 23.7 Å². The Morgan fingerprint density at radius 2 is 1.80 bits per heavy atom. The van der Waals surface area contributed by atoms with Crippen LogP contribution in [0.25, 0.3) is 0 Å². The zero-order valence-corrected chi connectivity index (χ0v) is 23.5. The molecule has 1 rings (SSSR count). The molecule has 0 aromatic rings. The number of esters is 1. The summed E-state index contributed by atoms with van der Waals surface area (Å²) < 4.78 is 5.11. The van der Waals surface area contributed by atoms with Crippen LogP contribution < -0.4 is 5.32 Å². The van der Waals surface area contributed by atoms with Crippen LogP contribution >= 0.6 is 0 Å².